The smallest absolute Gasteiger partial charge is 0.412 e. The van der Waals surface area contributed by atoms with Crippen LogP contribution in [-0.2, 0) is 0 Å². The number of carbonyl (C=O) groups is 1. The summed E-state index contributed by atoms with van der Waals surface area (Å²) in [6, 6.07) is 7.08. The number of nitrogens with zero attached hydrogens (tertiary/aromatic N) is 1. The van der Waals surface area contributed by atoms with Crippen LogP contribution in [0.1, 0.15) is 20.8 Å². The predicted octanol–water partition coefficient (Wildman–Crippen LogP) is 2.98. The minimum atomic E-state index is -0.989. The summed E-state index contributed by atoms with van der Waals surface area (Å²) in [5.74, 6) is 0.555. The van der Waals surface area contributed by atoms with Gasteiger partial charge in [0.05, 0.1) is 12.8 Å². The zero-order valence-corrected chi connectivity index (χ0v) is 10.0. The first-order valence-electron chi connectivity index (χ1n) is 5.04. The molecule has 0 spiro atoms. The monoisotopic (exact) mass is 223 g/mol. The highest BCUT2D eigenvalue weighted by atomic mass is 16.5. The Kier molecular flexibility index (Phi) is 3.42. The first-order chi connectivity index (χ1) is 7.38. The van der Waals surface area contributed by atoms with Crippen LogP contribution < -0.4 is 9.64 Å². The molecule has 1 rings (SSSR count). The Labute approximate surface area is 95.5 Å². The summed E-state index contributed by atoms with van der Waals surface area (Å²) in [7, 11) is 1.53. The van der Waals surface area contributed by atoms with Gasteiger partial charge in [-0.15, -0.1) is 0 Å². The zero-order valence-electron chi connectivity index (χ0n) is 10.0. The molecular formula is C12H17NO3. The van der Waals surface area contributed by atoms with Gasteiger partial charge in [-0.05, 0) is 32.9 Å². The summed E-state index contributed by atoms with van der Waals surface area (Å²) in [6.07, 6.45) is -0.989. The Bertz CT molecular complexity index is 382. The summed E-state index contributed by atoms with van der Waals surface area (Å²) in [5.41, 5.74) is 0.0468. The lowest BCUT2D eigenvalue weighted by Crippen LogP contribution is -2.45. The van der Waals surface area contributed by atoms with Crippen LogP contribution in [0.4, 0.5) is 10.5 Å². The topological polar surface area (TPSA) is 49.8 Å². The number of anilines is 1. The first kappa shape index (κ1) is 12.4. The summed E-state index contributed by atoms with van der Waals surface area (Å²) >= 11 is 0. The lowest BCUT2D eigenvalue weighted by molar-refractivity contribution is 0.195. The maximum Gasteiger partial charge on any atom is 0.412 e. The highest BCUT2D eigenvalue weighted by Gasteiger charge is 2.29. The van der Waals surface area contributed by atoms with Crippen LogP contribution in [0.15, 0.2) is 24.3 Å². The van der Waals surface area contributed by atoms with Crippen LogP contribution in [-0.4, -0.2) is 23.8 Å². The van der Waals surface area contributed by atoms with Crippen molar-refractivity contribution < 1.29 is 14.6 Å². The molecule has 1 N–H and O–H groups in total. The number of ether oxygens (including phenoxy) is 1. The highest BCUT2D eigenvalue weighted by molar-refractivity contribution is 5.89. The van der Waals surface area contributed by atoms with Gasteiger partial charge in [-0.2, -0.15) is 0 Å². The van der Waals surface area contributed by atoms with Crippen molar-refractivity contribution in [3.8, 4) is 5.75 Å². The van der Waals surface area contributed by atoms with Crippen molar-refractivity contribution in [2.75, 3.05) is 12.0 Å². The lowest BCUT2D eigenvalue weighted by Gasteiger charge is -2.33. The lowest BCUT2D eigenvalue weighted by atomic mass is 10.1. The van der Waals surface area contributed by atoms with Gasteiger partial charge in [0.1, 0.15) is 5.75 Å². The van der Waals surface area contributed by atoms with Crippen molar-refractivity contribution in [1.29, 1.82) is 0 Å². The van der Waals surface area contributed by atoms with Gasteiger partial charge in [-0.3, -0.25) is 4.90 Å². The average Bonchev–Trinajstić information content (AvgIpc) is 2.15. The molecule has 0 aliphatic rings. The number of carboxylic acid groups (broad SMARTS) is 1. The van der Waals surface area contributed by atoms with Crippen LogP contribution in [0.25, 0.3) is 0 Å². The Morgan fingerprint density at radius 1 is 1.31 bits per heavy atom. The van der Waals surface area contributed by atoms with E-state index in [1.807, 2.05) is 26.8 Å². The molecule has 0 atom stereocenters. The molecule has 1 aromatic rings. The number of hydrogen-bond acceptors (Lipinski definition) is 2. The zero-order chi connectivity index (χ0) is 12.3. The molecule has 16 heavy (non-hydrogen) atoms. The first-order valence-corrected chi connectivity index (χ1v) is 5.04. The molecular weight excluding hydrogens is 206 g/mol. The Balaban J connectivity index is 3.27. The molecule has 0 bridgehead atoms. The molecule has 0 heterocycles. The van der Waals surface area contributed by atoms with Crippen molar-refractivity contribution in [2.45, 2.75) is 26.3 Å². The van der Waals surface area contributed by atoms with Gasteiger partial charge in [0.25, 0.3) is 0 Å². The predicted molar refractivity (Wildman–Crippen MR) is 63.3 cm³/mol. The molecule has 0 aromatic heterocycles. The summed E-state index contributed by atoms with van der Waals surface area (Å²) < 4.78 is 5.17. The van der Waals surface area contributed by atoms with Crippen LogP contribution >= 0.6 is 0 Å². The summed E-state index contributed by atoms with van der Waals surface area (Å²) in [6.45, 7) is 5.52. The van der Waals surface area contributed by atoms with Crippen LogP contribution in [0, 0.1) is 0 Å². The van der Waals surface area contributed by atoms with E-state index in [4.69, 9.17) is 4.74 Å². The fraction of sp³-hybridized carbons (Fsp3) is 0.417. The molecule has 4 nitrogen and oxygen atoms in total. The second-order valence-corrected chi connectivity index (χ2v) is 4.46. The van der Waals surface area contributed by atoms with Crippen molar-refractivity contribution in [1.82, 2.24) is 0 Å². The normalized spacial score (nSPS) is 11.0. The average molecular weight is 223 g/mol. The highest BCUT2D eigenvalue weighted by Crippen LogP contribution is 2.32. The fourth-order valence-corrected chi connectivity index (χ4v) is 1.57. The number of benzene rings is 1. The molecule has 1 aromatic carbocycles. The third-order valence-corrected chi connectivity index (χ3v) is 2.19. The van der Waals surface area contributed by atoms with Crippen molar-refractivity contribution >= 4 is 11.8 Å². The van der Waals surface area contributed by atoms with E-state index in [1.54, 1.807) is 18.2 Å². The minimum Gasteiger partial charge on any atom is -0.495 e. The van der Waals surface area contributed by atoms with E-state index in [9.17, 15) is 9.90 Å². The van der Waals surface area contributed by atoms with E-state index in [0.717, 1.165) is 0 Å². The Morgan fingerprint density at radius 3 is 2.31 bits per heavy atom. The van der Waals surface area contributed by atoms with E-state index >= 15 is 0 Å². The van der Waals surface area contributed by atoms with E-state index in [-0.39, 0.29) is 0 Å². The quantitative estimate of drug-likeness (QED) is 0.838. The van der Waals surface area contributed by atoms with Gasteiger partial charge in [-0.25, -0.2) is 4.79 Å². The number of methoxy groups -OCH3 is 1. The Morgan fingerprint density at radius 2 is 1.88 bits per heavy atom. The van der Waals surface area contributed by atoms with Gasteiger partial charge in [0.15, 0.2) is 0 Å². The largest absolute Gasteiger partial charge is 0.495 e. The third-order valence-electron chi connectivity index (χ3n) is 2.19. The van der Waals surface area contributed by atoms with E-state index in [0.29, 0.717) is 11.4 Å². The molecule has 0 saturated carbocycles. The second-order valence-electron chi connectivity index (χ2n) is 4.46. The van der Waals surface area contributed by atoms with Gasteiger partial charge in [-0.1, -0.05) is 12.1 Å². The molecule has 0 unspecified atom stereocenters. The molecule has 0 aliphatic carbocycles. The molecule has 4 heteroatoms. The van der Waals surface area contributed by atoms with Crippen LogP contribution in [0.2, 0.25) is 0 Å². The van der Waals surface area contributed by atoms with E-state index < -0.39 is 11.6 Å². The molecule has 1 amide bonds. The van der Waals surface area contributed by atoms with Crippen molar-refractivity contribution in [3.63, 3.8) is 0 Å². The minimum absolute atomic E-state index is 0.513. The van der Waals surface area contributed by atoms with Gasteiger partial charge in [0.2, 0.25) is 0 Å². The number of hydrogen-bond donors (Lipinski definition) is 1. The number of amides is 1. The SMILES string of the molecule is COc1ccccc1N(C(=O)O)C(C)(C)C. The van der Waals surface area contributed by atoms with E-state index in [1.165, 1.54) is 12.0 Å². The molecule has 88 valence electrons. The van der Waals surface area contributed by atoms with Crippen molar-refractivity contribution in [3.05, 3.63) is 24.3 Å². The number of para-hydroxylation sites is 2. The van der Waals surface area contributed by atoms with Gasteiger partial charge >= 0.3 is 6.09 Å². The van der Waals surface area contributed by atoms with Crippen molar-refractivity contribution in [2.24, 2.45) is 0 Å². The van der Waals surface area contributed by atoms with Crippen LogP contribution in [0.3, 0.4) is 0 Å². The number of rotatable bonds is 2. The molecule has 0 fully saturated rings. The molecule has 0 saturated heterocycles. The molecule has 0 aliphatic heterocycles. The van der Waals surface area contributed by atoms with Gasteiger partial charge < -0.3 is 9.84 Å². The maximum atomic E-state index is 11.3. The summed E-state index contributed by atoms with van der Waals surface area (Å²) in [5, 5.41) is 9.25. The standard InChI is InChI=1S/C12H17NO3/c1-12(2,3)13(11(14)15)9-7-5-6-8-10(9)16-4/h5-8H,1-4H3,(H,14,15). The maximum absolute atomic E-state index is 11.3. The Hall–Kier alpha value is -1.71. The van der Waals surface area contributed by atoms with Crippen LogP contribution in [0.5, 0.6) is 5.75 Å². The molecule has 0 radical (unpaired) electrons. The fourth-order valence-electron chi connectivity index (χ4n) is 1.57. The summed E-state index contributed by atoms with van der Waals surface area (Å²) in [4.78, 5) is 12.6. The third kappa shape index (κ3) is 2.45. The second kappa shape index (κ2) is 4.43. The van der Waals surface area contributed by atoms with Gasteiger partial charge in [0, 0.05) is 5.54 Å². The van der Waals surface area contributed by atoms with E-state index in [2.05, 4.69) is 0 Å².